The smallest absolute Gasteiger partial charge is 0.191 e. The lowest BCUT2D eigenvalue weighted by Crippen LogP contribution is -2.47. The predicted molar refractivity (Wildman–Crippen MR) is 124 cm³/mol. The quantitative estimate of drug-likeness (QED) is 0.396. The first-order chi connectivity index (χ1) is 15.7. The van der Waals surface area contributed by atoms with Crippen molar-refractivity contribution < 1.29 is 9.15 Å². The molecule has 0 aliphatic carbocycles. The summed E-state index contributed by atoms with van der Waals surface area (Å²) in [6, 6.07) is 12.3. The first-order valence-corrected chi connectivity index (χ1v) is 11.4. The van der Waals surface area contributed by atoms with Crippen LogP contribution in [-0.4, -0.2) is 47.0 Å². The summed E-state index contributed by atoms with van der Waals surface area (Å²) in [5, 5.41) is 11.7. The average Bonchev–Trinajstić information content (AvgIpc) is 3.48. The number of ether oxygens (including phenoxy) is 1. The van der Waals surface area contributed by atoms with Crippen molar-refractivity contribution in [2.24, 2.45) is 4.99 Å². The van der Waals surface area contributed by atoms with Gasteiger partial charge in [0.25, 0.3) is 0 Å². The molecular weight excluding hydrogens is 404 g/mol. The third-order valence-corrected chi connectivity index (χ3v) is 5.63. The highest BCUT2D eigenvalue weighted by molar-refractivity contribution is 5.80. The van der Waals surface area contributed by atoms with Crippen LogP contribution in [0.2, 0.25) is 0 Å². The molecule has 3 aromatic rings. The second-order valence-corrected chi connectivity index (χ2v) is 7.94. The highest BCUT2D eigenvalue weighted by Gasteiger charge is 2.22. The van der Waals surface area contributed by atoms with Crippen LogP contribution in [0.5, 0.6) is 5.75 Å². The molecule has 0 saturated carbocycles. The standard InChI is InChI=1S/C24H32N6O2/c1-3-22-28-23-11-8-19(17-30(23)29-22)27-24(26-15-13-21-5-4-16-32-21)25-14-12-18-6-9-20(31-2)10-7-18/h4-7,9-10,16,19H,3,8,11-15,17H2,1-2H3,(H2,25,26,27). The molecule has 0 fully saturated rings. The van der Waals surface area contributed by atoms with Crippen LogP contribution in [0, 0.1) is 0 Å². The Labute approximate surface area is 189 Å². The monoisotopic (exact) mass is 436 g/mol. The van der Waals surface area contributed by atoms with E-state index in [-0.39, 0.29) is 6.04 Å². The third-order valence-electron chi connectivity index (χ3n) is 5.63. The SMILES string of the molecule is CCc1nc2n(n1)CC(NC(=NCCc1ccco1)NCCc1ccc(OC)cc1)CC2. The number of guanidine groups is 1. The number of furan rings is 1. The molecule has 4 rings (SSSR count). The van der Waals surface area contributed by atoms with Gasteiger partial charge < -0.3 is 19.8 Å². The Bertz CT molecular complexity index is 994. The van der Waals surface area contributed by atoms with Gasteiger partial charge in [-0.25, -0.2) is 9.67 Å². The summed E-state index contributed by atoms with van der Waals surface area (Å²) in [7, 11) is 1.68. The Kier molecular flexibility index (Phi) is 7.42. The molecule has 0 bridgehead atoms. The zero-order valence-corrected chi connectivity index (χ0v) is 18.9. The van der Waals surface area contributed by atoms with E-state index in [1.807, 2.05) is 28.9 Å². The summed E-state index contributed by atoms with van der Waals surface area (Å²) in [5.74, 6) is 4.66. The van der Waals surface area contributed by atoms with Crippen LogP contribution in [0.4, 0.5) is 0 Å². The third kappa shape index (κ3) is 5.90. The van der Waals surface area contributed by atoms with E-state index in [2.05, 4.69) is 39.8 Å². The van der Waals surface area contributed by atoms with Crippen molar-refractivity contribution in [3.05, 3.63) is 65.6 Å². The van der Waals surface area contributed by atoms with Crippen molar-refractivity contribution in [1.29, 1.82) is 0 Å². The minimum absolute atomic E-state index is 0.268. The summed E-state index contributed by atoms with van der Waals surface area (Å²) in [6.07, 6.45) is 6.18. The van der Waals surface area contributed by atoms with Gasteiger partial charge in [-0.1, -0.05) is 19.1 Å². The van der Waals surface area contributed by atoms with Crippen LogP contribution in [0.15, 0.2) is 52.1 Å². The number of nitrogens with zero attached hydrogens (tertiary/aromatic N) is 4. The van der Waals surface area contributed by atoms with Gasteiger partial charge in [0.15, 0.2) is 11.8 Å². The fraction of sp³-hybridized carbons (Fsp3) is 0.458. The summed E-state index contributed by atoms with van der Waals surface area (Å²) < 4.78 is 12.7. The van der Waals surface area contributed by atoms with Crippen LogP contribution in [0.3, 0.4) is 0 Å². The highest BCUT2D eigenvalue weighted by Crippen LogP contribution is 2.14. The summed E-state index contributed by atoms with van der Waals surface area (Å²) in [4.78, 5) is 9.41. The molecule has 1 unspecified atom stereocenters. The van der Waals surface area contributed by atoms with E-state index in [0.717, 1.165) is 74.3 Å². The van der Waals surface area contributed by atoms with Crippen LogP contribution in [0.1, 0.15) is 36.3 Å². The highest BCUT2D eigenvalue weighted by atomic mass is 16.5. The van der Waals surface area contributed by atoms with E-state index in [0.29, 0.717) is 6.54 Å². The largest absolute Gasteiger partial charge is 0.497 e. The maximum absolute atomic E-state index is 5.44. The Hall–Kier alpha value is -3.29. The van der Waals surface area contributed by atoms with Gasteiger partial charge in [0, 0.05) is 38.4 Å². The number of hydrogen-bond acceptors (Lipinski definition) is 5. The molecule has 0 radical (unpaired) electrons. The van der Waals surface area contributed by atoms with Crippen LogP contribution in [-0.2, 0) is 32.2 Å². The minimum Gasteiger partial charge on any atom is -0.497 e. The molecule has 0 saturated heterocycles. The lowest BCUT2D eigenvalue weighted by atomic mass is 10.1. The number of hydrogen-bond donors (Lipinski definition) is 2. The number of benzene rings is 1. The Morgan fingerprint density at radius 3 is 2.88 bits per heavy atom. The van der Waals surface area contributed by atoms with Gasteiger partial charge in [0.05, 0.1) is 19.9 Å². The van der Waals surface area contributed by atoms with E-state index >= 15 is 0 Å². The number of methoxy groups -OCH3 is 1. The molecule has 170 valence electrons. The molecule has 1 aliphatic heterocycles. The summed E-state index contributed by atoms with van der Waals surface area (Å²) in [5.41, 5.74) is 1.25. The van der Waals surface area contributed by atoms with Crippen molar-refractivity contribution in [3.63, 3.8) is 0 Å². The summed E-state index contributed by atoms with van der Waals surface area (Å²) >= 11 is 0. The Morgan fingerprint density at radius 2 is 2.12 bits per heavy atom. The van der Waals surface area contributed by atoms with Gasteiger partial charge in [-0.3, -0.25) is 4.99 Å². The zero-order valence-electron chi connectivity index (χ0n) is 18.9. The van der Waals surface area contributed by atoms with Gasteiger partial charge in [0.1, 0.15) is 17.3 Å². The summed E-state index contributed by atoms with van der Waals surface area (Å²) in [6.45, 7) is 4.35. The van der Waals surface area contributed by atoms with Crippen molar-refractivity contribution in [2.45, 2.75) is 51.6 Å². The van der Waals surface area contributed by atoms with Crippen molar-refractivity contribution >= 4 is 5.96 Å². The predicted octanol–water partition coefficient (Wildman–Crippen LogP) is 2.78. The fourth-order valence-electron chi connectivity index (χ4n) is 3.82. The number of aromatic nitrogens is 3. The Balaban J connectivity index is 1.35. The van der Waals surface area contributed by atoms with Gasteiger partial charge in [0.2, 0.25) is 0 Å². The second-order valence-electron chi connectivity index (χ2n) is 7.94. The number of fused-ring (bicyclic) bond motifs is 1. The first-order valence-electron chi connectivity index (χ1n) is 11.4. The zero-order chi connectivity index (χ0) is 22.2. The Morgan fingerprint density at radius 1 is 1.25 bits per heavy atom. The number of aliphatic imine (C=N–C) groups is 1. The number of aryl methyl sites for hydroxylation is 2. The molecule has 2 N–H and O–H groups in total. The molecule has 2 aromatic heterocycles. The van der Waals surface area contributed by atoms with Gasteiger partial charge in [-0.2, -0.15) is 5.10 Å². The van der Waals surface area contributed by atoms with Crippen LogP contribution in [0.25, 0.3) is 0 Å². The van der Waals surface area contributed by atoms with Crippen LogP contribution < -0.4 is 15.4 Å². The molecule has 3 heterocycles. The molecule has 8 heteroatoms. The number of rotatable bonds is 9. The molecule has 0 amide bonds. The maximum atomic E-state index is 5.44. The maximum Gasteiger partial charge on any atom is 0.191 e. The van der Waals surface area contributed by atoms with E-state index in [9.17, 15) is 0 Å². The molecular formula is C24H32N6O2. The van der Waals surface area contributed by atoms with E-state index in [1.54, 1.807) is 13.4 Å². The van der Waals surface area contributed by atoms with E-state index in [1.165, 1.54) is 5.56 Å². The number of nitrogens with one attached hydrogen (secondary N) is 2. The second kappa shape index (κ2) is 10.8. The minimum atomic E-state index is 0.268. The van der Waals surface area contributed by atoms with Crippen molar-refractivity contribution in [2.75, 3.05) is 20.2 Å². The van der Waals surface area contributed by atoms with Crippen LogP contribution >= 0.6 is 0 Å². The molecule has 32 heavy (non-hydrogen) atoms. The van der Waals surface area contributed by atoms with Gasteiger partial charge >= 0.3 is 0 Å². The molecule has 8 nitrogen and oxygen atoms in total. The van der Waals surface area contributed by atoms with E-state index in [4.69, 9.17) is 14.1 Å². The van der Waals surface area contributed by atoms with Crippen molar-refractivity contribution in [3.8, 4) is 5.75 Å². The first kappa shape index (κ1) is 21.9. The average molecular weight is 437 g/mol. The van der Waals surface area contributed by atoms with Gasteiger partial charge in [-0.05, 0) is 42.7 Å². The molecule has 1 aliphatic rings. The molecule has 0 spiro atoms. The van der Waals surface area contributed by atoms with E-state index < -0.39 is 0 Å². The molecule has 1 atom stereocenters. The normalized spacial score (nSPS) is 15.9. The lowest BCUT2D eigenvalue weighted by molar-refractivity contribution is 0.392. The lowest BCUT2D eigenvalue weighted by Gasteiger charge is -2.25. The molecule has 1 aromatic carbocycles. The van der Waals surface area contributed by atoms with Gasteiger partial charge in [-0.15, -0.1) is 0 Å². The van der Waals surface area contributed by atoms with Crippen molar-refractivity contribution in [1.82, 2.24) is 25.4 Å². The topological polar surface area (TPSA) is 89.5 Å². The fourth-order valence-corrected chi connectivity index (χ4v) is 3.82.